The zero-order valence-electron chi connectivity index (χ0n) is 8.54. The molecule has 0 aliphatic carbocycles. The maximum atomic E-state index is 10.5. The Kier molecular flexibility index (Phi) is 9.28. The highest BCUT2D eigenvalue weighted by Crippen LogP contribution is 2.00. The van der Waals surface area contributed by atoms with E-state index in [4.69, 9.17) is 38.5 Å². The van der Waals surface area contributed by atoms with E-state index in [1.165, 1.54) is 0 Å². The van der Waals surface area contributed by atoms with Crippen LogP contribution in [0.25, 0.3) is 0 Å². The molecule has 0 aromatic heterocycles. The van der Waals surface area contributed by atoms with Crippen molar-refractivity contribution in [1.29, 1.82) is 0 Å². The van der Waals surface area contributed by atoms with Crippen LogP contribution in [0.4, 0.5) is 0 Å². The smallest absolute Gasteiger partial charge is 0.330 e. The predicted molar refractivity (Wildman–Crippen MR) is 52.9 cm³/mol. The fourth-order valence-electron chi connectivity index (χ4n) is 0.602. The standard InChI is InChI=1S/C6H12O6.H3NO3S/c7-1-3(9)5(11)6(12)4(10)2-8;1-5(2,3)4/h3,5-9,11-12H,1-2H2;(H3,1,2,3,4). The molecular formula is C6H15NO9S. The SMILES string of the molecule is NS(=O)(=O)O.O=C(CO)C(O)C(O)C(O)CO. The van der Waals surface area contributed by atoms with E-state index in [-0.39, 0.29) is 0 Å². The summed E-state index contributed by atoms with van der Waals surface area (Å²) in [6, 6.07) is 0. The van der Waals surface area contributed by atoms with Crippen LogP contribution in [-0.4, -0.2) is 75.8 Å². The second kappa shape index (κ2) is 8.43. The van der Waals surface area contributed by atoms with E-state index < -0.39 is 47.6 Å². The Morgan fingerprint density at radius 1 is 1.18 bits per heavy atom. The molecule has 0 amide bonds. The second-order valence-corrected chi connectivity index (χ2v) is 3.85. The van der Waals surface area contributed by atoms with Gasteiger partial charge in [0, 0.05) is 0 Å². The molecule has 0 radical (unpaired) electrons. The summed E-state index contributed by atoms with van der Waals surface area (Å²) < 4.78 is 25.2. The molecule has 0 aliphatic heterocycles. The fraction of sp³-hybridized carbons (Fsp3) is 0.833. The summed E-state index contributed by atoms with van der Waals surface area (Å²) in [5.41, 5.74) is 0. The van der Waals surface area contributed by atoms with Crippen molar-refractivity contribution in [2.24, 2.45) is 5.14 Å². The van der Waals surface area contributed by atoms with Crippen LogP contribution in [0.15, 0.2) is 0 Å². The van der Waals surface area contributed by atoms with Gasteiger partial charge >= 0.3 is 10.3 Å². The molecular weight excluding hydrogens is 262 g/mol. The van der Waals surface area contributed by atoms with Crippen molar-refractivity contribution < 1.29 is 43.3 Å². The molecule has 0 saturated heterocycles. The van der Waals surface area contributed by atoms with Gasteiger partial charge in [0.2, 0.25) is 0 Å². The minimum atomic E-state index is -4.17. The van der Waals surface area contributed by atoms with Crippen LogP contribution in [0.5, 0.6) is 0 Å². The van der Waals surface area contributed by atoms with E-state index in [2.05, 4.69) is 5.14 Å². The second-order valence-electron chi connectivity index (χ2n) is 2.82. The molecule has 0 aliphatic rings. The molecule has 0 fully saturated rings. The van der Waals surface area contributed by atoms with Gasteiger partial charge in [-0.15, -0.1) is 0 Å². The Bertz CT molecular complexity index is 307. The third-order valence-corrected chi connectivity index (χ3v) is 1.39. The molecule has 8 N–H and O–H groups in total. The molecule has 104 valence electrons. The Labute approximate surface area is 96.8 Å². The maximum absolute atomic E-state index is 10.5. The molecule has 10 nitrogen and oxygen atoms in total. The van der Waals surface area contributed by atoms with Crippen LogP contribution >= 0.6 is 0 Å². The number of ketones is 1. The van der Waals surface area contributed by atoms with Crippen LogP contribution in [-0.2, 0) is 15.1 Å². The first-order valence-corrected chi connectivity index (χ1v) is 5.58. The third-order valence-electron chi connectivity index (χ3n) is 1.39. The Hall–Kier alpha value is -0.660. The van der Waals surface area contributed by atoms with Crippen molar-refractivity contribution in [3.8, 4) is 0 Å². The van der Waals surface area contributed by atoms with Gasteiger partial charge in [-0.3, -0.25) is 9.35 Å². The number of rotatable bonds is 5. The lowest BCUT2D eigenvalue weighted by molar-refractivity contribution is -0.142. The number of aliphatic hydroxyl groups is 5. The lowest BCUT2D eigenvalue weighted by Gasteiger charge is -2.19. The minimum Gasteiger partial charge on any atom is -0.394 e. The molecule has 0 bridgehead atoms. The summed E-state index contributed by atoms with van der Waals surface area (Å²) in [6.45, 7) is -1.69. The van der Waals surface area contributed by atoms with E-state index >= 15 is 0 Å². The largest absolute Gasteiger partial charge is 0.394 e. The molecule has 0 rings (SSSR count). The predicted octanol–water partition coefficient (Wildman–Crippen LogP) is -4.63. The van der Waals surface area contributed by atoms with Crippen LogP contribution in [0.3, 0.4) is 0 Å². The highest BCUT2D eigenvalue weighted by Gasteiger charge is 2.28. The molecule has 0 aromatic carbocycles. The molecule has 17 heavy (non-hydrogen) atoms. The molecule has 0 saturated carbocycles. The van der Waals surface area contributed by atoms with Gasteiger partial charge in [-0.25, -0.2) is 5.14 Å². The normalized spacial score (nSPS) is 16.4. The van der Waals surface area contributed by atoms with Crippen LogP contribution < -0.4 is 5.14 Å². The Morgan fingerprint density at radius 2 is 1.53 bits per heavy atom. The van der Waals surface area contributed by atoms with Gasteiger partial charge in [-0.05, 0) is 0 Å². The first-order valence-electron chi connectivity index (χ1n) is 4.08. The molecule has 3 atom stereocenters. The quantitative estimate of drug-likeness (QED) is 0.241. The van der Waals surface area contributed by atoms with Gasteiger partial charge < -0.3 is 25.5 Å². The Balaban J connectivity index is 0. The maximum Gasteiger partial charge on any atom is 0.330 e. The average Bonchev–Trinajstić information content (AvgIpc) is 2.22. The summed E-state index contributed by atoms with van der Waals surface area (Å²) in [5.74, 6) is -1.00. The average molecular weight is 277 g/mol. The van der Waals surface area contributed by atoms with Gasteiger partial charge in [0.25, 0.3) is 0 Å². The van der Waals surface area contributed by atoms with Gasteiger partial charge in [0.15, 0.2) is 5.78 Å². The third kappa shape index (κ3) is 11.6. The topological polar surface area (TPSA) is 199 Å². The number of aliphatic hydroxyl groups excluding tert-OH is 5. The van der Waals surface area contributed by atoms with Crippen molar-refractivity contribution in [2.45, 2.75) is 18.3 Å². The number of hydrogen-bond acceptors (Lipinski definition) is 8. The number of nitrogens with two attached hydrogens (primary N) is 1. The van der Waals surface area contributed by atoms with Gasteiger partial charge in [-0.2, -0.15) is 8.42 Å². The minimum absolute atomic E-state index is 0.767. The highest BCUT2D eigenvalue weighted by atomic mass is 32.2. The van der Waals surface area contributed by atoms with Crippen molar-refractivity contribution in [1.82, 2.24) is 0 Å². The molecule has 0 aromatic rings. The summed E-state index contributed by atoms with van der Waals surface area (Å²) in [4.78, 5) is 10.5. The van der Waals surface area contributed by atoms with Gasteiger partial charge in [-0.1, -0.05) is 0 Å². The monoisotopic (exact) mass is 277 g/mol. The van der Waals surface area contributed by atoms with Gasteiger partial charge in [0.05, 0.1) is 6.61 Å². The first-order chi connectivity index (χ1) is 7.54. The van der Waals surface area contributed by atoms with Crippen LogP contribution in [0.2, 0.25) is 0 Å². The van der Waals surface area contributed by atoms with Gasteiger partial charge in [0.1, 0.15) is 24.9 Å². The number of carbonyl (C=O) groups is 1. The zero-order chi connectivity index (χ0) is 14.2. The fourth-order valence-corrected chi connectivity index (χ4v) is 0.602. The van der Waals surface area contributed by atoms with E-state index in [0.717, 1.165) is 0 Å². The summed E-state index contributed by atoms with van der Waals surface area (Å²) in [5, 5.41) is 46.9. The molecule has 0 heterocycles. The summed E-state index contributed by atoms with van der Waals surface area (Å²) in [6.07, 6.45) is -5.22. The van der Waals surface area contributed by atoms with E-state index in [0.29, 0.717) is 0 Å². The summed E-state index contributed by atoms with van der Waals surface area (Å²) in [7, 11) is -4.17. The lowest BCUT2D eigenvalue weighted by Crippen LogP contribution is -2.44. The Morgan fingerprint density at radius 3 is 1.76 bits per heavy atom. The molecule has 0 spiro atoms. The van der Waals surface area contributed by atoms with E-state index in [9.17, 15) is 4.79 Å². The highest BCUT2D eigenvalue weighted by molar-refractivity contribution is 7.83. The van der Waals surface area contributed by atoms with E-state index in [1.807, 2.05) is 0 Å². The number of Topliss-reactive ketones (excluding diaryl/α,β-unsaturated/α-hetero) is 1. The molecule has 3 unspecified atom stereocenters. The van der Waals surface area contributed by atoms with Crippen LogP contribution in [0, 0.1) is 0 Å². The van der Waals surface area contributed by atoms with Crippen LogP contribution in [0.1, 0.15) is 0 Å². The van der Waals surface area contributed by atoms with Crippen molar-refractivity contribution in [2.75, 3.05) is 13.2 Å². The summed E-state index contributed by atoms with van der Waals surface area (Å²) >= 11 is 0. The van der Waals surface area contributed by atoms with Crippen molar-refractivity contribution in [3.63, 3.8) is 0 Å². The number of hydrogen-bond donors (Lipinski definition) is 7. The molecule has 11 heteroatoms. The van der Waals surface area contributed by atoms with Crippen molar-refractivity contribution in [3.05, 3.63) is 0 Å². The van der Waals surface area contributed by atoms with Crippen molar-refractivity contribution >= 4 is 16.1 Å². The lowest BCUT2D eigenvalue weighted by atomic mass is 10.1. The first kappa shape index (κ1) is 18.7. The zero-order valence-corrected chi connectivity index (χ0v) is 9.36. The number of carbonyl (C=O) groups excluding carboxylic acids is 1. The van der Waals surface area contributed by atoms with E-state index in [1.54, 1.807) is 0 Å².